The molecule has 126 valence electrons. The van der Waals surface area contributed by atoms with E-state index in [2.05, 4.69) is 45.2 Å². The molecule has 5 nitrogen and oxygen atoms in total. The number of hydrogen-bond acceptors (Lipinski definition) is 4. The molecule has 3 heterocycles. The first-order valence-corrected chi connectivity index (χ1v) is 8.86. The van der Waals surface area contributed by atoms with Gasteiger partial charge in [-0.3, -0.25) is 0 Å². The quantitative estimate of drug-likeness (QED) is 0.918. The number of ether oxygens (including phenoxy) is 1. The highest BCUT2D eigenvalue weighted by molar-refractivity contribution is 5.62. The maximum atomic E-state index is 5.82. The SMILES string of the molecule is CCc1nnc2n1CC(CNCC1=Cc3ccccc3OC1)CC2. The van der Waals surface area contributed by atoms with E-state index in [-0.39, 0.29) is 0 Å². The van der Waals surface area contributed by atoms with Gasteiger partial charge in [0.1, 0.15) is 24.0 Å². The van der Waals surface area contributed by atoms with Crippen LogP contribution in [0.3, 0.4) is 0 Å². The van der Waals surface area contributed by atoms with Gasteiger partial charge in [-0.05, 0) is 36.6 Å². The lowest BCUT2D eigenvalue weighted by atomic mass is 9.99. The van der Waals surface area contributed by atoms with Crippen LogP contribution in [0, 0.1) is 5.92 Å². The minimum absolute atomic E-state index is 0.649. The smallest absolute Gasteiger partial charge is 0.133 e. The number of para-hydroxylation sites is 1. The van der Waals surface area contributed by atoms with Crippen LogP contribution < -0.4 is 10.1 Å². The third kappa shape index (κ3) is 3.08. The minimum Gasteiger partial charge on any atom is -0.489 e. The minimum atomic E-state index is 0.649. The molecule has 2 aromatic rings. The van der Waals surface area contributed by atoms with E-state index in [1.807, 2.05) is 12.1 Å². The van der Waals surface area contributed by atoms with Crippen LogP contribution in [0.2, 0.25) is 0 Å². The summed E-state index contributed by atoms with van der Waals surface area (Å²) in [5.74, 6) is 3.91. The predicted molar refractivity (Wildman–Crippen MR) is 94.0 cm³/mol. The van der Waals surface area contributed by atoms with Crippen molar-refractivity contribution >= 4 is 6.08 Å². The fourth-order valence-corrected chi connectivity index (χ4v) is 3.58. The van der Waals surface area contributed by atoms with Crippen LogP contribution in [-0.4, -0.2) is 34.5 Å². The third-order valence-corrected chi connectivity index (χ3v) is 4.91. The van der Waals surface area contributed by atoms with Gasteiger partial charge in [-0.1, -0.05) is 25.1 Å². The molecule has 1 aromatic carbocycles. The second-order valence-electron chi connectivity index (χ2n) is 6.66. The van der Waals surface area contributed by atoms with E-state index in [1.54, 1.807) is 0 Å². The average Bonchev–Trinajstić information content (AvgIpc) is 3.04. The maximum Gasteiger partial charge on any atom is 0.133 e. The Morgan fingerprint density at radius 1 is 1.29 bits per heavy atom. The molecule has 0 aliphatic carbocycles. The first-order chi connectivity index (χ1) is 11.8. The van der Waals surface area contributed by atoms with Crippen LogP contribution >= 0.6 is 0 Å². The average molecular weight is 324 g/mol. The molecule has 0 amide bonds. The molecule has 0 saturated carbocycles. The van der Waals surface area contributed by atoms with Gasteiger partial charge in [-0.15, -0.1) is 10.2 Å². The van der Waals surface area contributed by atoms with Crippen molar-refractivity contribution in [2.45, 2.75) is 32.7 Å². The van der Waals surface area contributed by atoms with Gasteiger partial charge in [0.25, 0.3) is 0 Å². The van der Waals surface area contributed by atoms with Gasteiger partial charge >= 0.3 is 0 Å². The predicted octanol–water partition coefficient (Wildman–Crippen LogP) is 2.47. The molecule has 1 N–H and O–H groups in total. The summed E-state index contributed by atoms with van der Waals surface area (Å²) in [5, 5.41) is 12.2. The van der Waals surface area contributed by atoms with Crippen molar-refractivity contribution in [2.75, 3.05) is 19.7 Å². The first kappa shape index (κ1) is 15.4. The number of fused-ring (bicyclic) bond motifs is 2. The van der Waals surface area contributed by atoms with Gasteiger partial charge < -0.3 is 14.6 Å². The molecule has 0 saturated heterocycles. The lowest BCUT2D eigenvalue weighted by Crippen LogP contribution is -2.32. The second-order valence-corrected chi connectivity index (χ2v) is 6.66. The molecule has 24 heavy (non-hydrogen) atoms. The van der Waals surface area contributed by atoms with E-state index in [0.29, 0.717) is 12.5 Å². The Morgan fingerprint density at radius 3 is 3.12 bits per heavy atom. The summed E-state index contributed by atoms with van der Waals surface area (Å²) in [6.07, 6.45) is 5.43. The van der Waals surface area contributed by atoms with Crippen molar-refractivity contribution in [2.24, 2.45) is 5.92 Å². The molecule has 0 fully saturated rings. The van der Waals surface area contributed by atoms with Crippen LogP contribution in [0.25, 0.3) is 6.08 Å². The summed E-state index contributed by atoms with van der Waals surface area (Å²) in [6.45, 7) is 5.79. The van der Waals surface area contributed by atoms with Crippen LogP contribution in [0.4, 0.5) is 0 Å². The molecule has 4 rings (SSSR count). The Labute approximate surface area is 142 Å². The van der Waals surface area contributed by atoms with Gasteiger partial charge in [0, 0.05) is 31.5 Å². The Balaban J connectivity index is 1.32. The molecule has 1 atom stereocenters. The summed E-state index contributed by atoms with van der Waals surface area (Å²) < 4.78 is 8.13. The molecule has 5 heteroatoms. The molecule has 2 aliphatic rings. The monoisotopic (exact) mass is 324 g/mol. The largest absolute Gasteiger partial charge is 0.489 e. The van der Waals surface area contributed by atoms with E-state index in [0.717, 1.165) is 49.9 Å². The lowest BCUT2D eigenvalue weighted by Gasteiger charge is -2.25. The standard InChI is InChI=1S/C19H24N4O/c1-2-18-21-22-19-8-7-14(12-23(18)19)10-20-11-15-9-16-5-3-4-6-17(16)24-13-15/h3-6,9,14,20H,2,7-8,10-13H2,1H3. The second kappa shape index (κ2) is 6.77. The molecule has 0 bridgehead atoms. The van der Waals surface area contributed by atoms with Crippen molar-refractivity contribution < 1.29 is 4.74 Å². The summed E-state index contributed by atoms with van der Waals surface area (Å²) in [6, 6.07) is 8.21. The highest BCUT2D eigenvalue weighted by Gasteiger charge is 2.22. The molecule has 1 unspecified atom stereocenters. The number of rotatable bonds is 5. The molecule has 2 aliphatic heterocycles. The maximum absolute atomic E-state index is 5.82. The van der Waals surface area contributed by atoms with Crippen LogP contribution in [-0.2, 0) is 19.4 Å². The summed E-state index contributed by atoms with van der Waals surface area (Å²) in [4.78, 5) is 0. The van der Waals surface area contributed by atoms with E-state index in [4.69, 9.17) is 4.74 Å². The zero-order chi connectivity index (χ0) is 16.4. The highest BCUT2D eigenvalue weighted by atomic mass is 16.5. The first-order valence-electron chi connectivity index (χ1n) is 8.86. The summed E-state index contributed by atoms with van der Waals surface area (Å²) in [7, 11) is 0. The zero-order valence-corrected chi connectivity index (χ0v) is 14.2. The highest BCUT2D eigenvalue weighted by Crippen LogP contribution is 2.25. The zero-order valence-electron chi connectivity index (χ0n) is 14.2. The van der Waals surface area contributed by atoms with Gasteiger partial charge in [-0.25, -0.2) is 0 Å². The third-order valence-electron chi connectivity index (χ3n) is 4.91. The van der Waals surface area contributed by atoms with E-state index in [9.17, 15) is 0 Å². The van der Waals surface area contributed by atoms with E-state index >= 15 is 0 Å². The molecular formula is C19H24N4O. The summed E-state index contributed by atoms with van der Waals surface area (Å²) >= 11 is 0. The number of hydrogen-bond donors (Lipinski definition) is 1. The van der Waals surface area contributed by atoms with Gasteiger partial charge in [0.15, 0.2) is 0 Å². The van der Waals surface area contributed by atoms with Crippen molar-refractivity contribution in [3.05, 3.63) is 47.1 Å². The van der Waals surface area contributed by atoms with Crippen molar-refractivity contribution in [3.8, 4) is 5.75 Å². The van der Waals surface area contributed by atoms with Crippen LogP contribution in [0.1, 0.15) is 30.6 Å². The summed E-state index contributed by atoms with van der Waals surface area (Å²) in [5.41, 5.74) is 2.49. The van der Waals surface area contributed by atoms with Crippen LogP contribution in [0.5, 0.6) is 5.75 Å². The van der Waals surface area contributed by atoms with Gasteiger partial charge in [0.2, 0.25) is 0 Å². The lowest BCUT2D eigenvalue weighted by molar-refractivity contribution is 0.330. The van der Waals surface area contributed by atoms with Gasteiger partial charge in [0.05, 0.1) is 0 Å². The number of nitrogens with one attached hydrogen (secondary N) is 1. The number of nitrogens with zero attached hydrogens (tertiary/aromatic N) is 3. The topological polar surface area (TPSA) is 52.0 Å². The Hall–Kier alpha value is -2.14. The van der Waals surface area contributed by atoms with Crippen molar-refractivity contribution in [1.82, 2.24) is 20.1 Å². The fourth-order valence-electron chi connectivity index (χ4n) is 3.58. The molecule has 0 radical (unpaired) electrons. The fraction of sp³-hybridized carbons (Fsp3) is 0.474. The normalized spacial score (nSPS) is 19.2. The number of aromatic nitrogens is 3. The number of benzene rings is 1. The van der Waals surface area contributed by atoms with E-state index in [1.165, 1.54) is 17.6 Å². The Kier molecular flexibility index (Phi) is 4.34. The molecular weight excluding hydrogens is 300 g/mol. The Bertz CT molecular complexity index is 736. The number of aryl methyl sites for hydroxylation is 2. The molecule has 0 spiro atoms. The van der Waals surface area contributed by atoms with Gasteiger partial charge in [-0.2, -0.15) is 0 Å². The van der Waals surface area contributed by atoms with Crippen LogP contribution in [0.15, 0.2) is 29.8 Å². The molecule has 1 aromatic heterocycles. The van der Waals surface area contributed by atoms with E-state index < -0.39 is 0 Å². The van der Waals surface area contributed by atoms with Crippen molar-refractivity contribution in [1.29, 1.82) is 0 Å². The van der Waals surface area contributed by atoms with Crippen molar-refractivity contribution in [3.63, 3.8) is 0 Å². The Morgan fingerprint density at radius 2 is 2.21 bits per heavy atom.